The van der Waals surface area contributed by atoms with Crippen molar-refractivity contribution in [3.05, 3.63) is 63.2 Å². The van der Waals surface area contributed by atoms with Crippen LogP contribution in [0.2, 0.25) is 0 Å². The zero-order valence-corrected chi connectivity index (χ0v) is 13.4. The van der Waals surface area contributed by atoms with Gasteiger partial charge in [0, 0.05) is 9.13 Å². The second kappa shape index (κ2) is 7.19. The molecule has 108 valence electrons. The molecule has 0 aliphatic rings. The highest BCUT2D eigenvalue weighted by Gasteiger charge is 2.13. The second-order valence-corrected chi connectivity index (χ2v) is 5.50. The molecule has 0 unspecified atom stereocenters. The molecule has 6 heteroatoms. The summed E-state index contributed by atoms with van der Waals surface area (Å²) in [4.78, 5) is 4.32. The number of amidine groups is 1. The first-order valence-corrected chi connectivity index (χ1v) is 7.26. The van der Waals surface area contributed by atoms with Gasteiger partial charge in [0.15, 0.2) is 11.5 Å². The Hall–Kier alpha value is -1.93. The molecule has 3 N–H and O–H groups in total. The number of halogens is 1. The van der Waals surface area contributed by atoms with Gasteiger partial charge in [0.2, 0.25) is 0 Å². The van der Waals surface area contributed by atoms with Crippen LogP contribution in [-0.4, -0.2) is 22.0 Å². The highest BCUT2D eigenvalue weighted by Crippen LogP contribution is 2.22. The van der Waals surface area contributed by atoms with Gasteiger partial charge in [0.1, 0.15) is 0 Å². The smallest absolute Gasteiger partial charge is 0.180 e. The largest absolute Gasteiger partial charge is 0.410 e. The Morgan fingerprint density at radius 3 is 2.43 bits per heavy atom. The minimum Gasteiger partial charge on any atom is -0.410 e. The number of hydroxylamine groups is 1. The lowest BCUT2D eigenvalue weighted by Gasteiger charge is -2.08. The van der Waals surface area contributed by atoms with Crippen LogP contribution in [0, 0.1) is 10.5 Å². The molecule has 0 aliphatic heterocycles. The van der Waals surface area contributed by atoms with E-state index in [-0.39, 0.29) is 11.5 Å². The van der Waals surface area contributed by atoms with Crippen LogP contribution < -0.4 is 5.48 Å². The summed E-state index contributed by atoms with van der Waals surface area (Å²) < 4.78 is 0.936. The summed E-state index contributed by atoms with van der Waals surface area (Å²) in [6, 6.07) is 14.8. The number of hydrogen-bond donors (Lipinski definition) is 3. The SMILES string of the molecule is Cc1ccc(N=C(NO)C(=NO)c2ccccc2)c(I)c1. The summed E-state index contributed by atoms with van der Waals surface area (Å²) in [6.07, 6.45) is 0. The summed E-state index contributed by atoms with van der Waals surface area (Å²) >= 11 is 2.17. The van der Waals surface area contributed by atoms with E-state index in [9.17, 15) is 10.4 Å². The first kappa shape index (κ1) is 15.5. The molecule has 0 aromatic heterocycles. The van der Waals surface area contributed by atoms with Gasteiger partial charge in [0.05, 0.1) is 5.69 Å². The molecule has 2 aromatic rings. The number of oxime groups is 1. The fourth-order valence-electron chi connectivity index (χ4n) is 1.79. The van der Waals surface area contributed by atoms with E-state index in [2.05, 4.69) is 32.7 Å². The highest BCUT2D eigenvalue weighted by atomic mass is 127. The van der Waals surface area contributed by atoms with E-state index in [1.54, 1.807) is 12.1 Å². The number of nitrogens with zero attached hydrogens (tertiary/aromatic N) is 2. The standard InChI is InChI=1S/C15H14IN3O2/c1-10-7-8-13(12(16)9-10)17-15(19-21)14(18-20)11-5-3-2-4-6-11/h2-9,20-21H,1H3,(H,17,19). The fraction of sp³-hybridized carbons (Fsp3) is 0.0667. The van der Waals surface area contributed by atoms with Gasteiger partial charge < -0.3 is 5.21 Å². The summed E-state index contributed by atoms with van der Waals surface area (Å²) in [7, 11) is 0. The lowest BCUT2D eigenvalue weighted by molar-refractivity contribution is 0.236. The van der Waals surface area contributed by atoms with Crippen molar-refractivity contribution in [3.63, 3.8) is 0 Å². The number of hydrogen-bond acceptors (Lipinski definition) is 4. The van der Waals surface area contributed by atoms with Crippen molar-refractivity contribution >= 4 is 39.8 Å². The predicted molar refractivity (Wildman–Crippen MR) is 90.7 cm³/mol. The van der Waals surface area contributed by atoms with Crippen LogP contribution in [0.3, 0.4) is 0 Å². The molecular formula is C15H14IN3O2. The third-order valence-electron chi connectivity index (χ3n) is 2.81. The van der Waals surface area contributed by atoms with E-state index in [0.717, 1.165) is 9.13 Å². The first-order valence-electron chi connectivity index (χ1n) is 6.18. The van der Waals surface area contributed by atoms with Crippen LogP contribution in [-0.2, 0) is 0 Å². The molecule has 5 nitrogen and oxygen atoms in total. The molecule has 0 heterocycles. The zero-order chi connectivity index (χ0) is 15.2. The van der Waals surface area contributed by atoms with Crippen LogP contribution in [0.5, 0.6) is 0 Å². The van der Waals surface area contributed by atoms with Crippen LogP contribution in [0.4, 0.5) is 5.69 Å². The maximum Gasteiger partial charge on any atom is 0.180 e. The number of nitrogens with one attached hydrogen (secondary N) is 1. The van der Waals surface area contributed by atoms with Gasteiger partial charge in [-0.25, -0.2) is 4.99 Å². The number of benzene rings is 2. The van der Waals surface area contributed by atoms with Crippen molar-refractivity contribution in [3.8, 4) is 0 Å². The Morgan fingerprint density at radius 1 is 1.14 bits per heavy atom. The topological polar surface area (TPSA) is 77.2 Å². The van der Waals surface area contributed by atoms with Crippen LogP contribution in [0.25, 0.3) is 0 Å². The Balaban J connectivity index is 2.45. The molecular weight excluding hydrogens is 381 g/mol. The van der Waals surface area contributed by atoms with Crippen LogP contribution in [0.1, 0.15) is 11.1 Å². The van der Waals surface area contributed by atoms with E-state index in [0.29, 0.717) is 11.3 Å². The predicted octanol–water partition coefficient (Wildman–Crippen LogP) is 3.49. The first-order chi connectivity index (χ1) is 10.2. The van der Waals surface area contributed by atoms with E-state index >= 15 is 0 Å². The normalized spacial score (nSPS) is 12.3. The average molecular weight is 395 g/mol. The Kier molecular flexibility index (Phi) is 5.29. The molecule has 0 fully saturated rings. The van der Waals surface area contributed by atoms with Gasteiger partial charge in [-0.3, -0.25) is 10.7 Å². The van der Waals surface area contributed by atoms with Gasteiger partial charge in [-0.2, -0.15) is 0 Å². The van der Waals surface area contributed by atoms with Crippen molar-refractivity contribution in [2.75, 3.05) is 0 Å². The van der Waals surface area contributed by atoms with E-state index in [1.807, 2.05) is 48.8 Å². The van der Waals surface area contributed by atoms with Crippen molar-refractivity contribution in [2.45, 2.75) is 6.92 Å². The van der Waals surface area contributed by atoms with Crippen molar-refractivity contribution in [2.24, 2.45) is 10.1 Å². The lowest BCUT2D eigenvalue weighted by Crippen LogP contribution is -2.29. The molecule has 0 radical (unpaired) electrons. The Bertz CT molecular complexity index is 685. The monoisotopic (exact) mass is 395 g/mol. The second-order valence-electron chi connectivity index (χ2n) is 4.34. The molecule has 0 saturated carbocycles. The molecule has 0 amide bonds. The Labute approximate surface area is 136 Å². The average Bonchev–Trinajstić information content (AvgIpc) is 2.50. The van der Waals surface area contributed by atoms with Crippen molar-refractivity contribution < 1.29 is 10.4 Å². The number of rotatable bonds is 3. The quantitative estimate of drug-likeness (QED) is 0.245. The molecule has 0 atom stereocenters. The van der Waals surface area contributed by atoms with Crippen molar-refractivity contribution in [1.29, 1.82) is 0 Å². The molecule has 21 heavy (non-hydrogen) atoms. The third-order valence-corrected chi connectivity index (χ3v) is 3.68. The molecule has 0 saturated heterocycles. The number of aliphatic imine (C=N–C) groups is 1. The van der Waals surface area contributed by atoms with Gasteiger partial charge in [0.25, 0.3) is 0 Å². The van der Waals surface area contributed by atoms with Crippen molar-refractivity contribution in [1.82, 2.24) is 5.48 Å². The minimum atomic E-state index is 0.0745. The molecule has 0 spiro atoms. The number of aryl methyl sites for hydroxylation is 1. The van der Waals surface area contributed by atoms with E-state index < -0.39 is 0 Å². The van der Waals surface area contributed by atoms with Crippen LogP contribution >= 0.6 is 22.6 Å². The van der Waals surface area contributed by atoms with E-state index in [4.69, 9.17) is 0 Å². The third kappa shape index (κ3) is 3.79. The Morgan fingerprint density at radius 2 is 1.86 bits per heavy atom. The molecule has 0 aliphatic carbocycles. The fourth-order valence-corrected chi connectivity index (χ4v) is 2.58. The zero-order valence-electron chi connectivity index (χ0n) is 11.3. The molecule has 2 aromatic carbocycles. The minimum absolute atomic E-state index is 0.0745. The summed E-state index contributed by atoms with van der Waals surface area (Å²) in [5.74, 6) is 0.0745. The maximum absolute atomic E-state index is 9.32. The summed E-state index contributed by atoms with van der Waals surface area (Å²) in [5, 5.41) is 21.8. The molecule has 2 rings (SSSR count). The van der Waals surface area contributed by atoms with Gasteiger partial charge in [-0.05, 0) is 47.2 Å². The van der Waals surface area contributed by atoms with Gasteiger partial charge >= 0.3 is 0 Å². The van der Waals surface area contributed by atoms with Gasteiger partial charge in [-0.1, -0.05) is 41.6 Å². The summed E-state index contributed by atoms with van der Waals surface area (Å²) in [6.45, 7) is 1.99. The lowest BCUT2D eigenvalue weighted by atomic mass is 10.1. The summed E-state index contributed by atoms with van der Waals surface area (Å²) in [5.41, 5.74) is 4.60. The van der Waals surface area contributed by atoms with Crippen LogP contribution in [0.15, 0.2) is 58.7 Å². The van der Waals surface area contributed by atoms with E-state index in [1.165, 1.54) is 0 Å². The highest BCUT2D eigenvalue weighted by molar-refractivity contribution is 14.1. The maximum atomic E-state index is 9.32. The van der Waals surface area contributed by atoms with Gasteiger partial charge in [-0.15, -0.1) is 0 Å². The molecule has 0 bridgehead atoms.